The highest BCUT2D eigenvalue weighted by Crippen LogP contribution is 2.27. The number of amides is 1. The Morgan fingerprint density at radius 2 is 2.11 bits per heavy atom. The molecule has 1 heterocycles. The van der Waals surface area contributed by atoms with Crippen molar-refractivity contribution in [3.8, 4) is 0 Å². The SMILES string of the molecule is CCC1CCN(C(=O)CSC(C)(C)C)C(CN)C1. The molecule has 1 aliphatic heterocycles. The van der Waals surface area contributed by atoms with E-state index < -0.39 is 0 Å². The lowest BCUT2D eigenvalue weighted by Gasteiger charge is -2.39. The van der Waals surface area contributed by atoms with Crippen molar-refractivity contribution in [3.63, 3.8) is 0 Å². The topological polar surface area (TPSA) is 46.3 Å². The third-order valence-corrected chi connectivity index (χ3v) is 4.88. The van der Waals surface area contributed by atoms with Crippen molar-refractivity contribution in [2.24, 2.45) is 11.7 Å². The maximum Gasteiger partial charge on any atom is 0.232 e. The van der Waals surface area contributed by atoms with Crippen LogP contribution in [0.4, 0.5) is 0 Å². The molecule has 2 atom stereocenters. The van der Waals surface area contributed by atoms with E-state index in [4.69, 9.17) is 5.73 Å². The minimum atomic E-state index is 0.148. The molecular weight excluding hydrogens is 244 g/mol. The number of nitrogens with two attached hydrogens (primary N) is 1. The minimum absolute atomic E-state index is 0.148. The molecule has 2 unspecified atom stereocenters. The number of carbonyl (C=O) groups excluding carboxylic acids is 1. The van der Waals surface area contributed by atoms with Crippen LogP contribution in [0, 0.1) is 5.92 Å². The van der Waals surface area contributed by atoms with Crippen LogP contribution in [0.15, 0.2) is 0 Å². The van der Waals surface area contributed by atoms with Crippen LogP contribution >= 0.6 is 11.8 Å². The Balaban J connectivity index is 2.51. The lowest BCUT2D eigenvalue weighted by Crippen LogP contribution is -2.50. The second-order valence-corrected chi connectivity index (χ2v) is 7.98. The highest BCUT2D eigenvalue weighted by molar-refractivity contribution is 8.01. The number of hydrogen-bond acceptors (Lipinski definition) is 3. The van der Waals surface area contributed by atoms with E-state index in [1.165, 1.54) is 6.42 Å². The van der Waals surface area contributed by atoms with Crippen LogP contribution in [0.3, 0.4) is 0 Å². The Morgan fingerprint density at radius 1 is 1.44 bits per heavy atom. The first-order chi connectivity index (χ1) is 8.37. The van der Waals surface area contributed by atoms with Crippen molar-refractivity contribution in [3.05, 3.63) is 0 Å². The molecule has 3 nitrogen and oxygen atoms in total. The number of piperidine rings is 1. The molecule has 0 bridgehead atoms. The van der Waals surface area contributed by atoms with Gasteiger partial charge in [-0.25, -0.2) is 0 Å². The second kappa shape index (κ2) is 6.80. The Hall–Kier alpha value is -0.220. The molecule has 1 rings (SSSR count). The van der Waals surface area contributed by atoms with E-state index in [-0.39, 0.29) is 16.7 Å². The summed E-state index contributed by atoms with van der Waals surface area (Å²) in [5.41, 5.74) is 5.83. The van der Waals surface area contributed by atoms with Gasteiger partial charge in [-0.3, -0.25) is 4.79 Å². The number of nitrogens with zero attached hydrogens (tertiary/aromatic N) is 1. The fourth-order valence-electron chi connectivity index (χ4n) is 2.42. The summed E-state index contributed by atoms with van der Waals surface area (Å²) in [6.45, 7) is 10.2. The maximum atomic E-state index is 12.3. The maximum absolute atomic E-state index is 12.3. The van der Waals surface area contributed by atoms with Crippen LogP contribution in [-0.4, -0.2) is 40.4 Å². The molecule has 2 N–H and O–H groups in total. The molecule has 0 aliphatic carbocycles. The number of likely N-dealkylation sites (tertiary alicyclic amines) is 1. The van der Waals surface area contributed by atoms with E-state index in [0.29, 0.717) is 12.3 Å². The summed E-state index contributed by atoms with van der Waals surface area (Å²) in [4.78, 5) is 14.3. The number of rotatable bonds is 4. The zero-order chi connectivity index (χ0) is 13.8. The first-order valence-corrected chi connectivity index (χ1v) is 7.99. The Bertz CT molecular complexity index is 275. The molecule has 0 aromatic carbocycles. The smallest absolute Gasteiger partial charge is 0.232 e. The van der Waals surface area contributed by atoms with E-state index >= 15 is 0 Å². The van der Waals surface area contributed by atoms with Gasteiger partial charge in [0.2, 0.25) is 5.91 Å². The van der Waals surface area contributed by atoms with Gasteiger partial charge in [-0.15, -0.1) is 11.8 Å². The predicted octanol–water partition coefficient (Wildman–Crippen LogP) is 2.49. The van der Waals surface area contributed by atoms with Gasteiger partial charge in [0.25, 0.3) is 0 Å². The van der Waals surface area contributed by atoms with E-state index in [2.05, 4.69) is 27.7 Å². The van der Waals surface area contributed by atoms with Crippen molar-refractivity contribution in [2.75, 3.05) is 18.8 Å². The van der Waals surface area contributed by atoms with Gasteiger partial charge in [-0.1, -0.05) is 34.1 Å². The number of thioether (sulfide) groups is 1. The van der Waals surface area contributed by atoms with Crippen LogP contribution in [0.25, 0.3) is 0 Å². The van der Waals surface area contributed by atoms with Gasteiger partial charge in [0.05, 0.1) is 5.75 Å². The zero-order valence-electron chi connectivity index (χ0n) is 12.2. The molecule has 0 aromatic rings. The highest BCUT2D eigenvalue weighted by Gasteiger charge is 2.30. The van der Waals surface area contributed by atoms with Crippen LogP contribution in [0.1, 0.15) is 47.0 Å². The normalized spacial score (nSPS) is 25.3. The molecule has 1 amide bonds. The fraction of sp³-hybridized carbons (Fsp3) is 0.929. The second-order valence-electron chi connectivity index (χ2n) is 6.18. The Morgan fingerprint density at radius 3 is 2.61 bits per heavy atom. The first kappa shape index (κ1) is 15.8. The van der Waals surface area contributed by atoms with Crippen LogP contribution in [0.2, 0.25) is 0 Å². The minimum Gasteiger partial charge on any atom is -0.338 e. The lowest BCUT2D eigenvalue weighted by molar-refractivity contribution is -0.132. The molecular formula is C14H28N2OS. The van der Waals surface area contributed by atoms with Crippen molar-refractivity contribution < 1.29 is 4.79 Å². The molecule has 0 radical (unpaired) electrons. The average Bonchev–Trinajstić information content (AvgIpc) is 2.34. The number of hydrogen-bond donors (Lipinski definition) is 1. The quantitative estimate of drug-likeness (QED) is 0.855. The summed E-state index contributed by atoms with van der Waals surface area (Å²) < 4.78 is 0.148. The van der Waals surface area contributed by atoms with Gasteiger partial charge in [-0.05, 0) is 18.8 Å². The standard InChI is InChI=1S/C14H28N2OS/c1-5-11-6-7-16(12(8-11)9-15)13(17)10-18-14(2,3)4/h11-12H,5-10,15H2,1-4H3. The summed E-state index contributed by atoms with van der Waals surface area (Å²) >= 11 is 1.72. The number of carbonyl (C=O) groups is 1. The lowest BCUT2D eigenvalue weighted by atomic mass is 9.89. The van der Waals surface area contributed by atoms with Crippen molar-refractivity contribution in [1.29, 1.82) is 0 Å². The molecule has 4 heteroatoms. The van der Waals surface area contributed by atoms with Gasteiger partial charge in [-0.2, -0.15) is 0 Å². The molecule has 0 aromatic heterocycles. The Kier molecular flexibility index (Phi) is 5.99. The molecule has 1 aliphatic rings. The van der Waals surface area contributed by atoms with Gasteiger partial charge >= 0.3 is 0 Å². The summed E-state index contributed by atoms with van der Waals surface area (Å²) in [5, 5.41) is 0. The predicted molar refractivity (Wildman–Crippen MR) is 79.8 cm³/mol. The molecule has 1 fully saturated rings. The van der Waals surface area contributed by atoms with Gasteiger partial charge in [0, 0.05) is 23.9 Å². The summed E-state index contributed by atoms with van der Waals surface area (Å²) in [5.74, 6) is 1.59. The monoisotopic (exact) mass is 272 g/mol. The van der Waals surface area contributed by atoms with Crippen LogP contribution in [-0.2, 0) is 4.79 Å². The molecule has 18 heavy (non-hydrogen) atoms. The van der Waals surface area contributed by atoms with Gasteiger partial charge < -0.3 is 10.6 Å². The molecule has 0 saturated carbocycles. The van der Waals surface area contributed by atoms with E-state index in [1.54, 1.807) is 11.8 Å². The summed E-state index contributed by atoms with van der Waals surface area (Å²) in [7, 11) is 0. The average molecular weight is 272 g/mol. The third kappa shape index (κ3) is 4.81. The van der Waals surface area contributed by atoms with Gasteiger partial charge in [0.15, 0.2) is 0 Å². The van der Waals surface area contributed by atoms with E-state index in [0.717, 1.165) is 25.3 Å². The van der Waals surface area contributed by atoms with Crippen molar-refractivity contribution in [2.45, 2.75) is 57.7 Å². The third-order valence-electron chi connectivity index (χ3n) is 3.62. The van der Waals surface area contributed by atoms with E-state index in [9.17, 15) is 4.79 Å². The van der Waals surface area contributed by atoms with Crippen molar-refractivity contribution in [1.82, 2.24) is 4.90 Å². The summed E-state index contributed by atoms with van der Waals surface area (Å²) in [6, 6.07) is 0.261. The van der Waals surface area contributed by atoms with Gasteiger partial charge in [0.1, 0.15) is 0 Å². The highest BCUT2D eigenvalue weighted by atomic mass is 32.2. The zero-order valence-corrected chi connectivity index (χ0v) is 13.1. The van der Waals surface area contributed by atoms with Crippen molar-refractivity contribution >= 4 is 17.7 Å². The first-order valence-electron chi connectivity index (χ1n) is 7.01. The summed E-state index contributed by atoms with van der Waals surface area (Å²) in [6.07, 6.45) is 3.42. The van der Waals surface area contributed by atoms with Crippen LogP contribution in [0.5, 0.6) is 0 Å². The molecule has 106 valence electrons. The van der Waals surface area contributed by atoms with Crippen LogP contribution < -0.4 is 5.73 Å². The fourth-order valence-corrected chi connectivity index (χ4v) is 3.14. The Labute approximate surface area is 116 Å². The molecule has 0 spiro atoms. The molecule has 1 saturated heterocycles. The largest absolute Gasteiger partial charge is 0.338 e. The van der Waals surface area contributed by atoms with E-state index in [1.807, 2.05) is 4.90 Å².